The summed E-state index contributed by atoms with van der Waals surface area (Å²) in [4.78, 5) is 12.5. The molecule has 1 N–H and O–H groups in total. The molecule has 3 aromatic rings. The molecule has 0 aliphatic heterocycles. The Morgan fingerprint density at radius 1 is 1.08 bits per heavy atom. The first-order valence-electron chi connectivity index (χ1n) is 7.92. The van der Waals surface area contributed by atoms with E-state index >= 15 is 0 Å². The van der Waals surface area contributed by atoms with Gasteiger partial charge in [0, 0.05) is 12.1 Å². The van der Waals surface area contributed by atoms with Crippen LogP contribution in [0, 0.1) is 5.82 Å². The molecule has 0 radical (unpaired) electrons. The number of para-hydroxylation sites is 1. The molecular weight excluding hydrogens is 337 g/mol. The quantitative estimate of drug-likeness (QED) is 0.738. The van der Waals surface area contributed by atoms with E-state index in [1.165, 1.54) is 23.9 Å². The normalized spacial score (nSPS) is 10.4. The van der Waals surface area contributed by atoms with Gasteiger partial charge in [0.15, 0.2) is 11.4 Å². The van der Waals surface area contributed by atoms with E-state index in [0.29, 0.717) is 17.2 Å². The van der Waals surface area contributed by atoms with Crippen LogP contribution in [0.3, 0.4) is 0 Å². The van der Waals surface area contributed by atoms with Gasteiger partial charge in [-0.15, -0.1) is 0 Å². The molecule has 0 saturated heterocycles. The smallest absolute Gasteiger partial charge is 0.275 e. The minimum Gasteiger partial charge on any atom is -0.496 e. The van der Waals surface area contributed by atoms with Crippen molar-refractivity contribution in [2.45, 2.75) is 6.54 Å². The summed E-state index contributed by atoms with van der Waals surface area (Å²) >= 11 is 0. The molecule has 0 aliphatic carbocycles. The molecule has 0 fully saturated rings. The van der Waals surface area contributed by atoms with Crippen molar-refractivity contribution in [1.82, 2.24) is 15.1 Å². The Labute approximate surface area is 150 Å². The third-order valence-electron chi connectivity index (χ3n) is 3.84. The number of carbonyl (C=O) groups is 1. The van der Waals surface area contributed by atoms with Gasteiger partial charge >= 0.3 is 0 Å². The number of carbonyl (C=O) groups excluding carboxylic acids is 1. The molecule has 1 aromatic heterocycles. The van der Waals surface area contributed by atoms with Gasteiger partial charge in [0.05, 0.1) is 26.1 Å². The predicted octanol–water partition coefficient (Wildman–Crippen LogP) is 2.96. The number of benzene rings is 2. The number of rotatable bonds is 6. The maximum Gasteiger partial charge on any atom is 0.275 e. The van der Waals surface area contributed by atoms with Crippen molar-refractivity contribution in [2.75, 3.05) is 14.2 Å². The molecule has 7 heteroatoms. The standard InChI is InChI=1S/C19H18FN3O3/c1-25-16-6-4-3-5-13(16)11-21-19(24)18-17(26-2)12-23(22-18)15-9-7-14(20)8-10-15/h3-10,12H,11H2,1-2H3,(H,21,24). The number of aromatic nitrogens is 2. The number of nitrogens with zero attached hydrogens (tertiary/aromatic N) is 2. The molecule has 0 bridgehead atoms. The van der Waals surface area contributed by atoms with E-state index in [4.69, 9.17) is 9.47 Å². The summed E-state index contributed by atoms with van der Waals surface area (Å²) in [5.74, 6) is 0.291. The summed E-state index contributed by atoms with van der Waals surface area (Å²) in [5.41, 5.74) is 1.61. The molecule has 0 aliphatic rings. The lowest BCUT2D eigenvalue weighted by Gasteiger charge is -2.09. The summed E-state index contributed by atoms with van der Waals surface area (Å²) in [5, 5.41) is 7.07. The van der Waals surface area contributed by atoms with Crippen LogP contribution in [0.15, 0.2) is 54.7 Å². The minimum atomic E-state index is -0.381. The fourth-order valence-corrected chi connectivity index (χ4v) is 2.50. The number of methoxy groups -OCH3 is 2. The van der Waals surface area contributed by atoms with E-state index in [0.717, 1.165) is 5.56 Å². The van der Waals surface area contributed by atoms with Crippen LogP contribution in [-0.4, -0.2) is 29.9 Å². The maximum absolute atomic E-state index is 13.1. The van der Waals surface area contributed by atoms with Crippen molar-refractivity contribution in [3.05, 3.63) is 71.8 Å². The Morgan fingerprint density at radius 2 is 1.77 bits per heavy atom. The third-order valence-corrected chi connectivity index (χ3v) is 3.84. The molecule has 6 nitrogen and oxygen atoms in total. The van der Waals surface area contributed by atoms with Crippen molar-refractivity contribution < 1.29 is 18.7 Å². The van der Waals surface area contributed by atoms with Gasteiger partial charge < -0.3 is 14.8 Å². The number of nitrogens with one attached hydrogen (secondary N) is 1. The first kappa shape index (κ1) is 17.5. The van der Waals surface area contributed by atoms with Crippen LogP contribution in [0.4, 0.5) is 4.39 Å². The van der Waals surface area contributed by atoms with Crippen LogP contribution in [-0.2, 0) is 6.54 Å². The van der Waals surface area contributed by atoms with E-state index < -0.39 is 0 Å². The highest BCUT2D eigenvalue weighted by atomic mass is 19.1. The van der Waals surface area contributed by atoms with Crippen LogP contribution >= 0.6 is 0 Å². The second-order valence-electron chi connectivity index (χ2n) is 5.46. The molecule has 0 saturated carbocycles. The molecule has 0 atom stereocenters. The highest BCUT2D eigenvalue weighted by Crippen LogP contribution is 2.21. The van der Waals surface area contributed by atoms with Crippen LogP contribution < -0.4 is 14.8 Å². The Hall–Kier alpha value is -3.35. The van der Waals surface area contributed by atoms with Crippen LogP contribution in [0.5, 0.6) is 11.5 Å². The lowest BCUT2D eigenvalue weighted by atomic mass is 10.2. The van der Waals surface area contributed by atoms with Crippen molar-refractivity contribution in [1.29, 1.82) is 0 Å². The van der Waals surface area contributed by atoms with Gasteiger partial charge in [0.2, 0.25) is 0 Å². The first-order chi connectivity index (χ1) is 12.6. The number of ether oxygens (including phenoxy) is 2. The Balaban J connectivity index is 1.79. The number of hydrogen-bond acceptors (Lipinski definition) is 4. The average Bonchev–Trinajstić information content (AvgIpc) is 3.11. The summed E-state index contributed by atoms with van der Waals surface area (Å²) in [6.07, 6.45) is 1.57. The van der Waals surface area contributed by atoms with Crippen LogP contribution in [0.1, 0.15) is 16.1 Å². The van der Waals surface area contributed by atoms with Crippen molar-refractivity contribution in [3.8, 4) is 17.2 Å². The van der Waals surface area contributed by atoms with Gasteiger partial charge in [-0.05, 0) is 30.3 Å². The van der Waals surface area contributed by atoms with E-state index in [1.807, 2.05) is 24.3 Å². The second-order valence-corrected chi connectivity index (χ2v) is 5.46. The van der Waals surface area contributed by atoms with Gasteiger partial charge in [0.1, 0.15) is 11.6 Å². The third kappa shape index (κ3) is 3.66. The van der Waals surface area contributed by atoms with Gasteiger partial charge in [-0.3, -0.25) is 4.79 Å². The molecule has 1 heterocycles. The van der Waals surface area contributed by atoms with E-state index in [1.54, 1.807) is 25.4 Å². The molecule has 134 valence electrons. The molecule has 3 rings (SSSR count). The highest BCUT2D eigenvalue weighted by molar-refractivity contribution is 5.94. The maximum atomic E-state index is 13.1. The van der Waals surface area contributed by atoms with Gasteiger partial charge in [-0.2, -0.15) is 5.10 Å². The Kier molecular flexibility index (Phi) is 5.17. The molecule has 0 spiro atoms. The number of hydrogen-bond donors (Lipinski definition) is 1. The van der Waals surface area contributed by atoms with E-state index in [9.17, 15) is 9.18 Å². The molecule has 0 unspecified atom stereocenters. The minimum absolute atomic E-state index is 0.145. The van der Waals surface area contributed by atoms with Gasteiger partial charge in [0.25, 0.3) is 5.91 Å². The number of halogens is 1. The molecule has 2 aromatic carbocycles. The van der Waals surface area contributed by atoms with Crippen LogP contribution in [0.25, 0.3) is 5.69 Å². The summed E-state index contributed by atoms with van der Waals surface area (Å²) in [6, 6.07) is 13.2. The highest BCUT2D eigenvalue weighted by Gasteiger charge is 2.18. The lowest BCUT2D eigenvalue weighted by Crippen LogP contribution is -2.24. The topological polar surface area (TPSA) is 65.4 Å². The van der Waals surface area contributed by atoms with E-state index in [2.05, 4.69) is 10.4 Å². The van der Waals surface area contributed by atoms with Gasteiger partial charge in [-0.25, -0.2) is 9.07 Å². The zero-order valence-corrected chi connectivity index (χ0v) is 14.4. The van der Waals surface area contributed by atoms with E-state index in [-0.39, 0.29) is 24.0 Å². The second kappa shape index (κ2) is 7.69. The van der Waals surface area contributed by atoms with Crippen molar-refractivity contribution in [2.24, 2.45) is 0 Å². The average molecular weight is 355 g/mol. The molecule has 1 amide bonds. The summed E-state index contributed by atoms with van der Waals surface area (Å²) in [7, 11) is 3.04. The first-order valence-corrected chi connectivity index (χ1v) is 7.92. The van der Waals surface area contributed by atoms with Crippen molar-refractivity contribution >= 4 is 5.91 Å². The SMILES string of the molecule is COc1ccccc1CNC(=O)c1nn(-c2ccc(F)cc2)cc1OC. The fourth-order valence-electron chi connectivity index (χ4n) is 2.50. The predicted molar refractivity (Wildman–Crippen MR) is 94.2 cm³/mol. The Bertz CT molecular complexity index is 907. The lowest BCUT2D eigenvalue weighted by molar-refractivity contribution is 0.0942. The monoisotopic (exact) mass is 355 g/mol. The zero-order chi connectivity index (χ0) is 18.5. The van der Waals surface area contributed by atoms with Crippen LogP contribution in [0.2, 0.25) is 0 Å². The molecular formula is C19H18FN3O3. The largest absolute Gasteiger partial charge is 0.496 e. The summed E-state index contributed by atoms with van der Waals surface area (Å²) < 4.78 is 25.1. The number of amides is 1. The zero-order valence-electron chi connectivity index (χ0n) is 14.4. The Morgan fingerprint density at radius 3 is 2.46 bits per heavy atom. The molecule has 26 heavy (non-hydrogen) atoms. The summed E-state index contributed by atoms with van der Waals surface area (Å²) in [6.45, 7) is 0.287. The van der Waals surface area contributed by atoms with Crippen molar-refractivity contribution in [3.63, 3.8) is 0 Å². The fraction of sp³-hybridized carbons (Fsp3) is 0.158. The van der Waals surface area contributed by atoms with Gasteiger partial charge in [-0.1, -0.05) is 18.2 Å².